The zero-order valence-corrected chi connectivity index (χ0v) is 20.4. The Hall–Kier alpha value is -3.58. The molecule has 0 radical (unpaired) electrons. The molecule has 13 heteroatoms. The molecule has 0 fully saturated rings. The monoisotopic (exact) mass is 538 g/mol. The molecule has 1 heterocycles. The fourth-order valence-electron chi connectivity index (χ4n) is 3.59. The molecule has 0 amide bonds. The van der Waals surface area contributed by atoms with Gasteiger partial charge in [-0.1, -0.05) is 36.4 Å². The van der Waals surface area contributed by atoms with Crippen molar-refractivity contribution in [3.63, 3.8) is 0 Å². The average Bonchev–Trinajstić information content (AvgIpc) is 3.19. The Morgan fingerprint density at radius 2 is 1.58 bits per heavy atom. The number of rotatable bonds is 8. The summed E-state index contributed by atoms with van der Waals surface area (Å²) in [6, 6.07) is 17.8. The van der Waals surface area contributed by atoms with E-state index in [9.17, 15) is 30.0 Å². The number of para-hydroxylation sites is 1. The third kappa shape index (κ3) is 5.97. The van der Waals surface area contributed by atoms with Gasteiger partial charge in [0.1, 0.15) is 5.82 Å². The molecule has 190 valence electrons. The Kier molecular flexibility index (Phi) is 6.71. The summed E-state index contributed by atoms with van der Waals surface area (Å²) in [5, 5.41) is 0. The molecule has 36 heavy (non-hydrogen) atoms. The van der Waals surface area contributed by atoms with Crippen LogP contribution in [0.4, 0.5) is 24.5 Å². The second-order valence-corrected chi connectivity index (χ2v) is 11.5. The SMILES string of the molecule is CS(=O)(=O)Nc1ccc(CCc2nc3cc(-c4ccccc4NS(=O)(=O)C(F)(F)F)ccc3[nH]2)cc1. The fraction of sp³-hybridized carbons (Fsp3) is 0.174. The molecule has 0 spiro atoms. The van der Waals surface area contributed by atoms with Gasteiger partial charge in [0, 0.05) is 17.7 Å². The molecule has 3 aromatic carbocycles. The van der Waals surface area contributed by atoms with Gasteiger partial charge in [0.05, 0.1) is 23.0 Å². The number of benzene rings is 3. The highest BCUT2D eigenvalue weighted by Gasteiger charge is 2.46. The lowest BCUT2D eigenvalue weighted by Gasteiger charge is -2.14. The van der Waals surface area contributed by atoms with E-state index in [0.29, 0.717) is 35.4 Å². The third-order valence-electron chi connectivity index (χ3n) is 5.23. The van der Waals surface area contributed by atoms with Crippen LogP contribution in [0.15, 0.2) is 66.7 Å². The number of alkyl halides is 3. The zero-order valence-electron chi connectivity index (χ0n) is 18.8. The average molecular weight is 539 g/mol. The van der Waals surface area contributed by atoms with Gasteiger partial charge in [0.2, 0.25) is 10.0 Å². The van der Waals surface area contributed by atoms with Crippen LogP contribution in [-0.4, -0.2) is 38.6 Å². The number of anilines is 2. The van der Waals surface area contributed by atoms with Gasteiger partial charge in [-0.25, -0.2) is 13.4 Å². The molecule has 4 rings (SSSR count). The fourth-order valence-corrected chi connectivity index (χ4v) is 4.73. The van der Waals surface area contributed by atoms with Gasteiger partial charge in [-0.3, -0.25) is 9.44 Å². The minimum atomic E-state index is -5.57. The molecular formula is C23H21F3N4O4S2. The molecule has 1 aromatic heterocycles. The lowest BCUT2D eigenvalue weighted by molar-refractivity contribution is -0.0429. The minimum absolute atomic E-state index is 0.196. The smallest absolute Gasteiger partial charge is 0.342 e. The maximum atomic E-state index is 12.9. The summed E-state index contributed by atoms with van der Waals surface area (Å²) in [5.74, 6) is 0.687. The number of halogens is 3. The number of fused-ring (bicyclic) bond motifs is 1. The van der Waals surface area contributed by atoms with E-state index in [1.54, 1.807) is 41.1 Å². The maximum Gasteiger partial charge on any atom is 0.516 e. The summed E-state index contributed by atoms with van der Waals surface area (Å²) in [6.45, 7) is 0. The maximum absolute atomic E-state index is 12.9. The van der Waals surface area contributed by atoms with Crippen LogP contribution in [0.25, 0.3) is 22.2 Å². The first-order valence-electron chi connectivity index (χ1n) is 10.5. The normalized spacial score (nSPS) is 12.6. The van der Waals surface area contributed by atoms with Crippen LogP contribution in [0.3, 0.4) is 0 Å². The number of aryl methyl sites for hydroxylation is 2. The summed E-state index contributed by atoms with van der Waals surface area (Å²) in [7, 11) is -8.92. The van der Waals surface area contributed by atoms with Crippen LogP contribution in [0, 0.1) is 0 Å². The first kappa shape index (κ1) is 25.5. The van der Waals surface area contributed by atoms with Crippen molar-refractivity contribution in [3.05, 3.63) is 78.1 Å². The van der Waals surface area contributed by atoms with E-state index in [1.165, 1.54) is 18.2 Å². The van der Waals surface area contributed by atoms with Gasteiger partial charge in [0.15, 0.2) is 0 Å². The molecule has 0 saturated heterocycles. The number of hydrogen-bond donors (Lipinski definition) is 3. The summed E-state index contributed by atoms with van der Waals surface area (Å²) in [6.07, 6.45) is 2.27. The van der Waals surface area contributed by atoms with Crippen LogP contribution in [0.5, 0.6) is 0 Å². The number of hydrogen-bond acceptors (Lipinski definition) is 5. The van der Waals surface area contributed by atoms with Crippen molar-refractivity contribution in [1.82, 2.24) is 9.97 Å². The summed E-state index contributed by atoms with van der Waals surface area (Å²) < 4.78 is 88.4. The predicted octanol–water partition coefficient (Wildman–Crippen LogP) is 4.65. The van der Waals surface area contributed by atoms with Crippen molar-refractivity contribution in [2.75, 3.05) is 15.7 Å². The van der Waals surface area contributed by atoms with E-state index >= 15 is 0 Å². The molecule has 4 aromatic rings. The number of nitrogens with one attached hydrogen (secondary N) is 3. The van der Waals surface area contributed by atoms with Crippen molar-refractivity contribution < 1.29 is 30.0 Å². The van der Waals surface area contributed by atoms with Crippen molar-refractivity contribution in [2.24, 2.45) is 0 Å². The molecule has 3 N–H and O–H groups in total. The number of nitrogens with zero attached hydrogens (tertiary/aromatic N) is 1. The highest BCUT2D eigenvalue weighted by molar-refractivity contribution is 7.93. The van der Waals surface area contributed by atoms with Crippen LogP contribution < -0.4 is 9.44 Å². The molecule has 0 aliphatic carbocycles. The highest BCUT2D eigenvalue weighted by atomic mass is 32.2. The van der Waals surface area contributed by atoms with Gasteiger partial charge in [0.25, 0.3) is 0 Å². The van der Waals surface area contributed by atoms with Crippen LogP contribution in [-0.2, 0) is 32.9 Å². The third-order valence-corrected chi connectivity index (χ3v) is 6.93. The van der Waals surface area contributed by atoms with E-state index in [0.717, 1.165) is 17.3 Å². The quantitative estimate of drug-likeness (QED) is 0.302. The molecular weight excluding hydrogens is 517 g/mol. The van der Waals surface area contributed by atoms with Crippen molar-refractivity contribution >= 4 is 42.5 Å². The van der Waals surface area contributed by atoms with E-state index < -0.39 is 25.6 Å². The summed E-state index contributed by atoms with van der Waals surface area (Å²) in [4.78, 5) is 7.75. The molecule has 8 nitrogen and oxygen atoms in total. The van der Waals surface area contributed by atoms with Gasteiger partial charge in [-0.2, -0.15) is 21.6 Å². The van der Waals surface area contributed by atoms with Gasteiger partial charge >= 0.3 is 15.5 Å². The summed E-state index contributed by atoms with van der Waals surface area (Å²) >= 11 is 0. The first-order valence-corrected chi connectivity index (χ1v) is 13.9. The number of aromatic nitrogens is 2. The van der Waals surface area contributed by atoms with E-state index in [2.05, 4.69) is 14.7 Å². The Morgan fingerprint density at radius 1 is 0.889 bits per heavy atom. The van der Waals surface area contributed by atoms with Crippen LogP contribution >= 0.6 is 0 Å². The minimum Gasteiger partial charge on any atom is -0.342 e. The van der Waals surface area contributed by atoms with Crippen molar-refractivity contribution in [2.45, 2.75) is 18.3 Å². The Bertz CT molecular complexity index is 1620. The second-order valence-electron chi connectivity index (χ2n) is 8.08. The van der Waals surface area contributed by atoms with Crippen molar-refractivity contribution in [3.8, 4) is 11.1 Å². The zero-order chi connectivity index (χ0) is 26.1. The van der Waals surface area contributed by atoms with Crippen molar-refractivity contribution in [1.29, 1.82) is 0 Å². The molecule has 0 bridgehead atoms. The molecule has 0 aliphatic rings. The lowest BCUT2D eigenvalue weighted by atomic mass is 10.0. The van der Waals surface area contributed by atoms with E-state index in [1.807, 2.05) is 12.1 Å². The van der Waals surface area contributed by atoms with Gasteiger partial charge < -0.3 is 4.98 Å². The largest absolute Gasteiger partial charge is 0.516 e. The number of imidazole rings is 1. The Balaban J connectivity index is 1.53. The molecule has 0 saturated carbocycles. The lowest BCUT2D eigenvalue weighted by Crippen LogP contribution is -2.30. The molecule has 0 aliphatic heterocycles. The number of sulfonamides is 2. The van der Waals surface area contributed by atoms with E-state index in [4.69, 9.17) is 0 Å². The Labute approximate surface area is 205 Å². The van der Waals surface area contributed by atoms with Gasteiger partial charge in [-0.15, -0.1) is 0 Å². The highest BCUT2D eigenvalue weighted by Crippen LogP contribution is 2.33. The standard InChI is InChI=1S/C23H21F3N4O4S2/c1-35(31,32)29-17-10-6-15(7-11-17)8-13-22-27-20-12-9-16(14-21(20)28-22)18-4-2-3-5-19(18)30-36(33,34)23(24,25)26/h2-7,9-12,14,29-30H,8,13H2,1H3,(H,27,28). The van der Waals surface area contributed by atoms with Crippen LogP contribution in [0.1, 0.15) is 11.4 Å². The predicted molar refractivity (Wildman–Crippen MR) is 132 cm³/mol. The van der Waals surface area contributed by atoms with Crippen LogP contribution in [0.2, 0.25) is 0 Å². The second kappa shape index (κ2) is 9.47. The number of aromatic amines is 1. The van der Waals surface area contributed by atoms with Gasteiger partial charge in [-0.05, 0) is 47.9 Å². The first-order chi connectivity index (χ1) is 16.8. The van der Waals surface area contributed by atoms with E-state index in [-0.39, 0.29) is 11.3 Å². The molecule has 0 atom stereocenters. The molecule has 0 unspecified atom stereocenters. The topological polar surface area (TPSA) is 121 Å². The number of H-pyrrole nitrogens is 1. The Morgan fingerprint density at radius 3 is 2.25 bits per heavy atom. The summed E-state index contributed by atoms with van der Waals surface area (Å²) in [5.41, 5.74) is -2.13.